The zero-order valence-electron chi connectivity index (χ0n) is 13.5. The molecule has 1 aromatic rings. The predicted molar refractivity (Wildman–Crippen MR) is 91.8 cm³/mol. The first-order chi connectivity index (χ1) is 11.4. The summed E-state index contributed by atoms with van der Waals surface area (Å²) in [6.45, 7) is 3.72. The summed E-state index contributed by atoms with van der Waals surface area (Å²) in [7, 11) is 0. The third-order valence-corrected chi connectivity index (χ3v) is 4.71. The molecule has 1 aliphatic carbocycles. The van der Waals surface area contributed by atoms with Gasteiger partial charge >= 0.3 is 0 Å². The van der Waals surface area contributed by atoms with Gasteiger partial charge in [0.1, 0.15) is 17.6 Å². The highest BCUT2D eigenvalue weighted by atomic mass is 35.5. The van der Waals surface area contributed by atoms with Gasteiger partial charge in [-0.05, 0) is 45.2 Å². The van der Waals surface area contributed by atoms with Crippen molar-refractivity contribution in [1.82, 2.24) is 5.23 Å². The second-order valence-electron chi connectivity index (χ2n) is 6.22. The first-order valence-corrected chi connectivity index (χ1v) is 8.70. The Morgan fingerprint density at radius 2 is 1.96 bits per heavy atom. The molecule has 1 atom stereocenters. The molecule has 0 aromatic heterocycles. The van der Waals surface area contributed by atoms with Crippen molar-refractivity contribution in [2.45, 2.75) is 51.7 Å². The molecular formula is C17H18Cl2NO4-. The Morgan fingerprint density at radius 1 is 1.25 bits per heavy atom. The van der Waals surface area contributed by atoms with Crippen LogP contribution >= 0.6 is 23.2 Å². The molecule has 1 aliphatic heterocycles. The van der Waals surface area contributed by atoms with Gasteiger partial charge in [0, 0.05) is 22.6 Å². The van der Waals surface area contributed by atoms with E-state index in [4.69, 9.17) is 32.8 Å². The van der Waals surface area contributed by atoms with Crippen LogP contribution in [-0.4, -0.2) is 17.1 Å². The molecule has 0 saturated carbocycles. The average Bonchev–Trinajstić information content (AvgIpc) is 2.51. The van der Waals surface area contributed by atoms with Crippen LogP contribution in [0.25, 0.3) is 0 Å². The number of carbonyl (C=O) groups is 1. The van der Waals surface area contributed by atoms with E-state index in [1.807, 2.05) is 13.8 Å². The Balaban J connectivity index is 2.01. The summed E-state index contributed by atoms with van der Waals surface area (Å²) in [6.07, 6.45) is 2.96. The molecule has 5 nitrogen and oxygen atoms in total. The van der Waals surface area contributed by atoms with E-state index in [1.54, 1.807) is 6.07 Å². The van der Waals surface area contributed by atoms with Crippen LogP contribution in [0.5, 0.6) is 5.75 Å². The standard InChI is InChI=1S/C17H18Cl2NO4/c1-9(2)23-15-7-11(12(18)8-13(15)19)16-17(21)10-5-3-4-6-14(10)24-20(16)22/h7-9,16H,3-6H2,1-2H3/q-1. The third-order valence-electron chi connectivity index (χ3n) is 4.08. The third kappa shape index (κ3) is 3.26. The quantitative estimate of drug-likeness (QED) is 0.751. The van der Waals surface area contributed by atoms with Gasteiger partial charge in [-0.3, -0.25) is 4.79 Å². The molecule has 24 heavy (non-hydrogen) atoms. The zero-order chi connectivity index (χ0) is 17.4. The van der Waals surface area contributed by atoms with E-state index >= 15 is 0 Å². The molecule has 0 N–H and O–H groups in total. The summed E-state index contributed by atoms with van der Waals surface area (Å²) in [5.41, 5.74) is 0.935. The van der Waals surface area contributed by atoms with E-state index in [0.29, 0.717) is 45.7 Å². The molecule has 130 valence electrons. The predicted octanol–water partition coefficient (Wildman–Crippen LogP) is 4.96. The summed E-state index contributed by atoms with van der Waals surface area (Å²) in [5.74, 6) is 0.614. The number of hydrogen-bond acceptors (Lipinski definition) is 5. The molecule has 0 radical (unpaired) electrons. The molecule has 2 aliphatic rings. The maximum absolute atomic E-state index is 12.8. The largest absolute Gasteiger partial charge is 0.752 e. The van der Waals surface area contributed by atoms with Crippen molar-refractivity contribution in [1.29, 1.82) is 0 Å². The number of carbonyl (C=O) groups excluding carboxylic acids is 1. The number of halogens is 2. The number of hydrogen-bond donors (Lipinski definition) is 0. The van der Waals surface area contributed by atoms with Crippen molar-refractivity contribution in [3.8, 4) is 5.75 Å². The van der Waals surface area contributed by atoms with Gasteiger partial charge in [-0.15, -0.1) is 0 Å². The number of ketones is 1. The van der Waals surface area contributed by atoms with Crippen molar-refractivity contribution >= 4 is 29.0 Å². The molecule has 0 spiro atoms. The Kier molecular flexibility index (Phi) is 5.06. The average molecular weight is 371 g/mol. The van der Waals surface area contributed by atoms with Gasteiger partial charge in [-0.25, -0.2) is 0 Å². The summed E-state index contributed by atoms with van der Waals surface area (Å²) in [6, 6.07) is 1.90. The first kappa shape index (κ1) is 17.5. The normalized spacial score (nSPS) is 21.8. The van der Waals surface area contributed by atoms with Gasteiger partial charge < -0.3 is 14.8 Å². The van der Waals surface area contributed by atoms with Crippen LogP contribution in [0.15, 0.2) is 23.5 Å². The second-order valence-corrected chi connectivity index (χ2v) is 7.04. The van der Waals surface area contributed by atoms with Gasteiger partial charge in [-0.2, -0.15) is 5.23 Å². The Labute approximate surface area is 150 Å². The minimum absolute atomic E-state index is 0.106. The SMILES string of the molecule is CC(C)Oc1cc(C2C(=O)C3=C(CCCC3)ON2[O-])c(Cl)cc1Cl. The fourth-order valence-electron chi connectivity index (χ4n) is 3.01. The van der Waals surface area contributed by atoms with Gasteiger partial charge in [0.2, 0.25) is 0 Å². The van der Waals surface area contributed by atoms with E-state index in [2.05, 4.69) is 0 Å². The molecule has 1 aromatic carbocycles. The molecule has 0 amide bonds. The fourth-order valence-corrected chi connectivity index (χ4v) is 3.55. The van der Waals surface area contributed by atoms with Crippen LogP contribution < -0.4 is 4.74 Å². The second kappa shape index (κ2) is 6.92. The van der Waals surface area contributed by atoms with Crippen LogP contribution in [0.2, 0.25) is 10.0 Å². The van der Waals surface area contributed by atoms with Crippen LogP contribution in [0.1, 0.15) is 51.1 Å². The van der Waals surface area contributed by atoms with E-state index in [1.165, 1.54) is 6.07 Å². The topological polar surface area (TPSA) is 61.8 Å². The monoisotopic (exact) mass is 370 g/mol. The highest BCUT2D eigenvalue weighted by Crippen LogP contribution is 2.42. The molecule has 1 heterocycles. The van der Waals surface area contributed by atoms with Crippen molar-refractivity contribution in [3.05, 3.63) is 44.3 Å². The van der Waals surface area contributed by atoms with E-state index in [9.17, 15) is 10.0 Å². The molecule has 0 bridgehead atoms. The van der Waals surface area contributed by atoms with Crippen molar-refractivity contribution in [2.75, 3.05) is 0 Å². The summed E-state index contributed by atoms with van der Waals surface area (Å²) in [4.78, 5) is 18.2. The number of hydroxylamine groups is 2. The van der Waals surface area contributed by atoms with Crippen LogP contribution in [0.4, 0.5) is 0 Å². The molecule has 0 saturated heterocycles. The number of benzene rings is 1. The lowest BCUT2D eigenvalue weighted by atomic mass is 9.88. The van der Waals surface area contributed by atoms with Gasteiger partial charge in [0.25, 0.3) is 0 Å². The molecule has 3 rings (SSSR count). The Hall–Kier alpha value is -1.27. The van der Waals surface area contributed by atoms with Crippen LogP contribution in [-0.2, 0) is 9.63 Å². The number of nitrogens with zero attached hydrogens (tertiary/aromatic N) is 1. The highest BCUT2D eigenvalue weighted by molar-refractivity contribution is 6.36. The highest BCUT2D eigenvalue weighted by Gasteiger charge is 2.36. The minimum atomic E-state index is -1.14. The van der Waals surface area contributed by atoms with E-state index in [-0.39, 0.29) is 16.9 Å². The molecule has 1 unspecified atom stereocenters. The van der Waals surface area contributed by atoms with Crippen molar-refractivity contribution in [2.24, 2.45) is 0 Å². The number of ether oxygens (including phenoxy) is 1. The summed E-state index contributed by atoms with van der Waals surface area (Å²) in [5, 5.41) is 13.2. The molecular weight excluding hydrogens is 353 g/mol. The summed E-state index contributed by atoms with van der Waals surface area (Å²) < 4.78 is 5.63. The lowest BCUT2D eigenvalue weighted by Gasteiger charge is -2.41. The van der Waals surface area contributed by atoms with Gasteiger partial charge in [0.15, 0.2) is 5.78 Å². The van der Waals surface area contributed by atoms with E-state index < -0.39 is 6.04 Å². The fraction of sp³-hybridized carbons (Fsp3) is 0.471. The van der Waals surface area contributed by atoms with Crippen LogP contribution in [0, 0.1) is 5.21 Å². The molecule has 0 fully saturated rings. The first-order valence-electron chi connectivity index (χ1n) is 7.94. The minimum Gasteiger partial charge on any atom is -0.752 e. The Bertz CT molecular complexity index is 702. The maximum Gasteiger partial charge on any atom is 0.186 e. The van der Waals surface area contributed by atoms with Gasteiger partial charge in [0.05, 0.1) is 11.1 Å². The van der Waals surface area contributed by atoms with Crippen molar-refractivity contribution in [3.63, 3.8) is 0 Å². The lowest BCUT2D eigenvalue weighted by molar-refractivity contribution is -0.155. The Morgan fingerprint density at radius 3 is 2.67 bits per heavy atom. The summed E-state index contributed by atoms with van der Waals surface area (Å²) >= 11 is 12.4. The van der Waals surface area contributed by atoms with Crippen molar-refractivity contribution < 1.29 is 14.4 Å². The maximum atomic E-state index is 12.8. The molecule has 7 heteroatoms. The van der Waals surface area contributed by atoms with E-state index in [0.717, 1.165) is 12.8 Å². The number of allylic oxidation sites excluding steroid dienone is 1. The lowest BCUT2D eigenvalue weighted by Crippen LogP contribution is -2.37. The van der Waals surface area contributed by atoms with Crippen LogP contribution in [0.3, 0.4) is 0 Å². The zero-order valence-corrected chi connectivity index (χ0v) is 15.0. The smallest absolute Gasteiger partial charge is 0.186 e. The number of Topliss-reactive ketones (excluding diaryl/α,β-unsaturated/α-hetero) is 1. The van der Waals surface area contributed by atoms with Gasteiger partial charge in [-0.1, -0.05) is 23.2 Å². The number of rotatable bonds is 3.